The SMILES string of the molecule is O=C(NOC1CCN(S(=O)(=O)c2ccc(OC(F)(F)F)cc2)CC1)NC1CCCC1. The Kier molecular flexibility index (Phi) is 7.09. The number of benzene rings is 1. The Labute approximate surface area is 172 Å². The van der Waals surface area contributed by atoms with Gasteiger partial charge >= 0.3 is 12.4 Å². The van der Waals surface area contributed by atoms with E-state index in [1.807, 2.05) is 0 Å². The first-order valence-corrected chi connectivity index (χ1v) is 11.2. The van der Waals surface area contributed by atoms with E-state index in [-0.39, 0.29) is 30.1 Å². The van der Waals surface area contributed by atoms with E-state index in [4.69, 9.17) is 4.84 Å². The highest BCUT2D eigenvalue weighted by Gasteiger charge is 2.32. The van der Waals surface area contributed by atoms with E-state index in [0.717, 1.165) is 49.9 Å². The van der Waals surface area contributed by atoms with Crippen LogP contribution in [0.1, 0.15) is 38.5 Å². The van der Waals surface area contributed by atoms with E-state index in [1.54, 1.807) is 0 Å². The highest BCUT2D eigenvalue weighted by Crippen LogP contribution is 2.26. The quantitative estimate of drug-likeness (QED) is 0.649. The summed E-state index contributed by atoms with van der Waals surface area (Å²) in [5.74, 6) is -0.490. The van der Waals surface area contributed by atoms with Gasteiger partial charge in [0.15, 0.2) is 0 Å². The van der Waals surface area contributed by atoms with E-state index >= 15 is 0 Å². The number of amides is 2. The summed E-state index contributed by atoms with van der Waals surface area (Å²) in [6.45, 7) is 0.333. The van der Waals surface area contributed by atoms with E-state index in [1.165, 1.54) is 4.31 Å². The maximum absolute atomic E-state index is 12.7. The third-order valence-corrected chi connectivity index (χ3v) is 7.02. The van der Waals surface area contributed by atoms with Gasteiger partial charge in [-0.25, -0.2) is 18.7 Å². The fraction of sp³-hybridized carbons (Fsp3) is 0.611. The number of carbonyl (C=O) groups is 1. The molecule has 1 aromatic carbocycles. The van der Waals surface area contributed by atoms with Gasteiger partial charge in [0, 0.05) is 19.1 Å². The largest absolute Gasteiger partial charge is 0.573 e. The molecule has 1 aliphatic carbocycles. The number of carbonyl (C=O) groups excluding carboxylic acids is 1. The number of ether oxygens (including phenoxy) is 1. The number of piperidine rings is 1. The van der Waals surface area contributed by atoms with Crippen molar-refractivity contribution in [1.29, 1.82) is 0 Å². The Balaban J connectivity index is 1.47. The molecule has 2 amide bonds. The maximum atomic E-state index is 12.7. The molecule has 1 saturated carbocycles. The summed E-state index contributed by atoms with van der Waals surface area (Å²) in [4.78, 5) is 17.1. The van der Waals surface area contributed by atoms with Gasteiger partial charge in [0.1, 0.15) is 5.75 Å². The Morgan fingerprint density at radius 3 is 2.20 bits per heavy atom. The zero-order valence-corrected chi connectivity index (χ0v) is 17.0. The lowest BCUT2D eigenvalue weighted by Crippen LogP contribution is -2.46. The molecule has 168 valence electrons. The van der Waals surface area contributed by atoms with E-state index < -0.39 is 28.2 Å². The van der Waals surface area contributed by atoms with E-state index in [0.29, 0.717) is 12.8 Å². The first-order valence-electron chi connectivity index (χ1n) is 9.71. The van der Waals surface area contributed by atoms with E-state index in [9.17, 15) is 26.4 Å². The number of rotatable bonds is 6. The number of hydroxylamine groups is 1. The van der Waals surface area contributed by atoms with Crippen LogP contribution in [0.2, 0.25) is 0 Å². The zero-order chi connectivity index (χ0) is 21.8. The van der Waals surface area contributed by atoms with Crippen LogP contribution >= 0.6 is 0 Å². The lowest BCUT2D eigenvalue weighted by molar-refractivity contribution is -0.274. The van der Waals surface area contributed by atoms with Gasteiger partial charge in [-0.3, -0.25) is 4.84 Å². The summed E-state index contributed by atoms with van der Waals surface area (Å²) in [7, 11) is -3.85. The fourth-order valence-electron chi connectivity index (χ4n) is 3.57. The molecule has 8 nitrogen and oxygen atoms in total. The molecule has 0 atom stereocenters. The highest BCUT2D eigenvalue weighted by molar-refractivity contribution is 7.89. The summed E-state index contributed by atoms with van der Waals surface area (Å²) in [6.07, 6.45) is -0.331. The molecule has 12 heteroatoms. The second-order valence-electron chi connectivity index (χ2n) is 7.30. The minimum atomic E-state index is -4.84. The van der Waals surface area contributed by atoms with Crippen LogP contribution in [0.5, 0.6) is 5.75 Å². The van der Waals surface area contributed by atoms with Gasteiger partial charge in [-0.2, -0.15) is 4.31 Å². The normalized spacial score (nSPS) is 19.6. The van der Waals surface area contributed by atoms with Crippen LogP contribution in [0.25, 0.3) is 0 Å². The molecule has 0 radical (unpaired) electrons. The molecule has 2 fully saturated rings. The lowest BCUT2D eigenvalue weighted by Gasteiger charge is -2.30. The van der Waals surface area contributed by atoms with Crippen molar-refractivity contribution in [3.8, 4) is 5.75 Å². The summed E-state index contributed by atoms with van der Waals surface area (Å²) in [5.41, 5.74) is 2.37. The summed E-state index contributed by atoms with van der Waals surface area (Å²) >= 11 is 0. The smallest absolute Gasteiger partial charge is 0.406 e. The van der Waals surface area contributed by atoms with Crippen molar-refractivity contribution >= 4 is 16.1 Å². The summed E-state index contributed by atoms with van der Waals surface area (Å²) in [5, 5.41) is 2.83. The second kappa shape index (κ2) is 9.40. The molecule has 1 saturated heterocycles. The molecule has 0 unspecified atom stereocenters. The third kappa shape index (κ3) is 6.22. The predicted octanol–water partition coefficient (Wildman–Crippen LogP) is 2.91. The summed E-state index contributed by atoms with van der Waals surface area (Å²) < 4.78 is 67.1. The molecule has 2 aliphatic rings. The van der Waals surface area contributed by atoms with Crippen molar-refractivity contribution in [2.45, 2.75) is 61.9 Å². The molecule has 3 rings (SSSR count). The molecule has 1 heterocycles. The van der Waals surface area contributed by atoms with Crippen molar-refractivity contribution in [1.82, 2.24) is 15.1 Å². The molecule has 0 spiro atoms. The number of nitrogens with zero attached hydrogens (tertiary/aromatic N) is 1. The van der Waals surface area contributed by atoms with Gasteiger partial charge < -0.3 is 10.1 Å². The molecule has 2 N–H and O–H groups in total. The van der Waals surface area contributed by atoms with Crippen LogP contribution in [0.15, 0.2) is 29.2 Å². The topological polar surface area (TPSA) is 97.0 Å². The van der Waals surface area contributed by atoms with Crippen LogP contribution in [-0.4, -0.2) is 50.4 Å². The monoisotopic (exact) mass is 451 g/mol. The van der Waals surface area contributed by atoms with Gasteiger partial charge in [0.05, 0.1) is 11.0 Å². The maximum Gasteiger partial charge on any atom is 0.573 e. The number of alkyl halides is 3. The van der Waals surface area contributed by atoms with Gasteiger partial charge in [-0.15, -0.1) is 13.2 Å². The van der Waals surface area contributed by atoms with Crippen molar-refractivity contribution < 1.29 is 36.0 Å². The fourth-order valence-corrected chi connectivity index (χ4v) is 5.04. The van der Waals surface area contributed by atoms with Crippen molar-refractivity contribution in [2.75, 3.05) is 13.1 Å². The van der Waals surface area contributed by atoms with Crippen molar-refractivity contribution in [3.63, 3.8) is 0 Å². The van der Waals surface area contributed by atoms with Crippen LogP contribution in [0.3, 0.4) is 0 Å². The molecular weight excluding hydrogens is 427 g/mol. The molecule has 1 aliphatic heterocycles. The number of halogens is 3. The average molecular weight is 451 g/mol. The number of urea groups is 1. The highest BCUT2D eigenvalue weighted by atomic mass is 32.2. The first kappa shape index (κ1) is 22.6. The predicted molar refractivity (Wildman–Crippen MR) is 99.9 cm³/mol. The zero-order valence-electron chi connectivity index (χ0n) is 16.2. The molecule has 0 bridgehead atoms. The number of sulfonamides is 1. The van der Waals surface area contributed by atoms with Gasteiger partial charge in [0.2, 0.25) is 10.0 Å². The number of hydrogen-bond donors (Lipinski definition) is 2. The Morgan fingerprint density at radius 2 is 1.63 bits per heavy atom. The molecule has 1 aromatic rings. The molecule has 30 heavy (non-hydrogen) atoms. The van der Waals surface area contributed by atoms with Crippen molar-refractivity contribution in [2.24, 2.45) is 0 Å². The van der Waals surface area contributed by atoms with Crippen LogP contribution in [0, 0.1) is 0 Å². The Hall–Kier alpha value is -2.05. The van der Waals surface area contributed by atoms with Crippen molar-refractivity contribution in [3.05, 3.63) is 24.3 Å². The van der Waals surface area contributed by atoms with Crippen LogP contribution in [0.4, 0.5) is 18.0 Å². The van der Waals surface area contributed by atoms with Gasteiger partial charge in [-0.05, 0) is 49.9 Å². The molecule has 0 aromatic heterocycles. The van der Waals surface area contributed by atoms with Gasteiger partial charge in [0.25, 0.3) is 0 Å². The van der Waals surface area contributed by atoms with Crippen LogP contribution in [-0.2, 0) is 14.9 Å². The average Bonchev–Trinajstić information content (AvgIpc) is 3.19. The Bertz CT molecular complexity index is 818. The third-order valence-electron chi connectivity index (χ3n) is 5.10. The van der Waals surface area contributed by atoms with Gasteiger partial charge in [-0.1, -0.05) is 12.8 Å². The second-order valence-corrected chi connectivity index (χ2v) is 9.24. The first-order chi connectivity index (χ1) is 14.1. The number of nitrogens with one attached hydrogen (secondary N) is 2. The standard InChI is InChI=1S/C18H24F3N3O5S/c19-18(20,21)28-14-5-7-16(8-6-14)30(26,27)24-11-9-15(10-12-24)29-23-17(25)22-13-3-1-2-4-13/h5-8,13,15H,1-4,9-12H2,(H2,22,23,25). The molecular formula is C18H24F3N3O5S. The minimum absolute atomic E-state index is 0.120. The minimum Gasteiger partial charge on any atom is -0.406 e. The number of hydrogen-bond acceptors (Lipinski definition) is 5. The van der Waals surface area contributed by atoms with E-state index in [2.05, 4.69) is 15.5 Å². The van der Waals surface area contributed by atoms with Crippen LogP contribution < -0.4 is 15.5 Å². The lowest BCUT2D eigenvalue weighted by atomic mass is 10.1. The Morgan fingerprint density at radius 1 is 1.03 bits per heavy atom. The summed E-state index contributed by atoms with van der Waals surface area (Å²) in [6, 6.07) is 3.83.